The second-order valence-corrected chi connectivity index (χ2v) is 2.87. The number of hydrogen-bond acceptors (Lipinski definition) is 3. The van der Waals surface area contributed by atoms with Crippen LogP contribution in [0.4, 0.5) is 8.78 Å². The van der Waals surface area contributed by atoms with Crippen molar-refractivity contribution in [2.24, 2.45) is 5.73 Å². The van der Waals surface area contributed by atoms with E-state index in [1.807, 2.05) is 0 Å². The molecule has 1 aromatic rings. The Morgan fingerprint density at radius 1 is 1.60 bits per heavy atom. The maximum Gasteiger partial charge on any atom is 0.269 e. The lowest BCUT2D eigenvalue weighted by molar-refractivity contribution is 0.149. The highest BCUT2D eigenvalue weighted by molar-refractivity contribution is 5.28. The lowest BCUT2D eigenvalue weighted by atomic mass is 10.1. The standard InChI is InChI=1S/C9H9F2N3O/c10-9(11)6-4-14-7(3-13)5(1-2-12)8(6)15/h4,9H,1,3,13H2,(H,14,15). The Bertz CT molecular complexity index is 448. The zero-order valence-corrected chi connectivity index (χ0v) is 7.76. The van der Waals surface area contributed by atoms with Crippen molar-refractivity contribution in [3.63, 3.8) is 0 Å². The molecule has 1 aromatic heterocycles. The highest BCUT2D eigenvalue weighted by atomic mass is 19.3. The summed E-state index contributed by atoms with van der Waals surface area (Å²) >= 11 is 0. The van der Waals surface area contributed by atoms with E-state index in [9.17, 15) is 13.6 Å². The molecule has 1 rings (SSSR count). The number of nitrogens with one attached hydrogen (secondary N) is 1. The van der Waals surface area contributed by atoms with Gasteiger partial charge in [0.25, 0.3) is 6.43 Å². The minimum absolute atomic E-state index is 0.00969. The van der Waals surface area contributed by atoms with E-state index in [0.717, 1.165) is 6.20 Å². The summed E-state index contributed by atoms with van der Waals surface area (Å²) in [5.74, 6) is 0. The van der Waals surface area contributed by atoms with Crippen LogP contribution in [0.5, 0.6) is 0 Å². The molecule has 6 heteroatoms. The molecule has 0 saturated heterocycles. The number of aromatic amines is 1. The van der Waals surface area contributed by atoms with Gasteiger partial charge in [0.2, 0.25) is 0 Å². The molecule has 0 spiro atoms. The van der Waals surface area contributed by atoms with E-state index in [1.165, 1.54) is 0 Å². The topological polar surface area (TPSA) is 82.7 Å². The number of aromatic nitrogens is 1. The second-order valence-electron chi connectivity index (χ2n) is 2.87. The molecular weight excluding hydrogens is 204 g/mol. The van der Waals surface area contributed by atoms with Gasteiger partial charge in [-0.3, -0.25) is 4.79 Å². The van der Waals surface area contributed by atoms with Crippen molar-refractivity contribution in [2.45, 2.75) is 19.4 Å². The summed E-state index contributed by atoms with van der Waals surface area (Å²) in [5, 5.41) is 8.46. The smallest absolute Gasteiger partial charge is 0.269 e. The van der Waals surface area contributed by atoms with Crippen LogP contribution in [-0.4, -0.2) is 4.98 Å². The number of pyridine rings is 1. The van der Waals surface area contributed by atoms with Gasteiger partial charge in [0.1, 0.15) is 0 Å². The van der Waals surface area contributed by atoms with E-state index < -0.39 is 17.4 Å². The fourth-order valence-corrected chi connectivity index (χ4v) is 1.24. The van der Waals surface area contributed by atoms with Crippen molar-refractivity contribution in [1.82, 2.24) is 4.98 Å². The number of nitrogens with two attached hydrogens (primary N) is 1. The van der Waals surface area contributed by atoms with Crippen molar-refractivity contribution in [2.75, 3.05) is 0 Å². The molecule has 1 heterocycles. The first-order chi connectivity index (χ1) is 7.11. The Labute approximate surface area is 84.3 Å². The normalized spacial score (nSPS) is 10.3. The summed E-state index contributed by atoms with van der Waals surface area (Å²) in [6, 6.07) is 1.75. The number of nitrogens with zero attached hydrogens (tertiary/aromatic N) is 1. The monoisotopic (exact) mass is 213 g/mol. The van der Waals surface area contributed by atoms with Gasteiger partial charge in [-0.05, 0) is 0 Å². The van der Waals surface area contributed by atoms with Gasteiger partial charge in [-0.2, -0.15) is 5.26 Å². The number of hydrogen-bond donors (Lipinski definition) is 2. The molecule has 15 heavy (non-hydrogen) atoms. The van der Waals surface area contributed by atoms with Crippen LogP contribution >= 0.6 is 0 Å². The Balaban J connectivity index is 3.37. The SMILES string of the molecule is N#CCc1c(CN)[nH]cc(C(F)F)c1=O. The lowest BCUT2D eigenvalue weighted by Crippen LogP contribution is -2.20. The van der Waals surface area contributed by atoms with E-state index >= 15 is 0 Å². The molecule has 0 bridgehead atoms. The van der Waals surface area contributed by atoms with Gasteiger partial charge < -0.3 is 10.7 Å². The first-order valence-corrected chi connectivity index (χ1v) is 4.20. The molecule has 80 valence electrons. The number of H-pyrrole nitrogens is 1. The highest BCUT2D eigenvalue weighted by Gasteiger charge is 2.16. The molecule has 0 aliphatic carbocycles. The minimum atomic E-state index is -2.85. The molecule has 0 radical (unpaired) electrons. The molecule has 0 aliphatic heterocycles. The van der Waals surface area contributed by atoms with Gasteiger partial charge >= 0.3 is 0 Å². The minimum Gasteiger partial charge on any atom is -0.363 e. The van der Waals surface area contributed by atoms with Crippen molar-refractivity contribution in [3.8, 4) is 6.07 Å². The lowest BCUT2D eigenvalue weighted by Gasteiger charge is -2.06. The molecule has 0 aliphatic rings. The van der Waals surface area contributed by atoms with Crippen LogP contribution < -0.4 is 11.2 Å². The predicted octanol–water partition coefficient (Wildman–Crippen LogP) is 0.837. The summed E-state index contributed by atoms with van der Waals surface area (Å²) in [7, 11) is 0. The van der Waals surface area contributed by atoms with E-state index in [4.69, 9.17) is 11.0 Å². The van der Waals surface area contributed by atoms with Gasteiger partial charge in [0.15, 0.2) is 5.43 Å². The Hall–Kier alpha value is -1.74. The first-order valence-electron chi connectivity index (χ1n) is 4.20. The maximum atomic E-state index is 12.3. The molecule has 0 saturated carbocycles. The van der Waals surface area contributed by atoms with Gasteiger partial charge in [-0.25, -0.2) is 8.78 Å². The van der Waals surface area contributed by atoms with Gasteiger partial charge in [0, 0.05) is 24.0 Å². The first kappa shape index (κ1) is 11.3. The number of rotatable bonds is 3. The molecular formula is C9H9F2N3O. The van der Waals surface area contributed by atoms with E-state index in [0.29, 0.717) is 5.69 Å². The third-order valence-corrected chi connectivity index (χ3v) is 2.00. The Kier molecular flexibility index (Phi) is 3.52. The fraction of sp³-hybridized carbons (Fsp3) is 0.333. The number of alkyl halides is 2. The van der Waals surface area contributed by atoms with Crippen molar-refractivity contribution in [3.05, 3.63) is 33.2 Å². The largest absolute Gasteiger partial charge is 0.363 e. The zero-order valence-electron chi connectivity index (χ0n) is 7.76. The van der Waals surface area contributed by atoms with Crippen molar-refractivity contribution in [1.29, 1.82) is 5.26 Å². The molecule has 0 aromatic carbocycles. The van der Waals surface area contributed by atoms with Crippen LogP contribution in [0.2, 0.25) is 0 Å². The van der Waals surface area contributed by atoms with E-state index in [-0.39, 0.29) is 18.5 Å². The zero-order chi connectivity index (χ0) is 11.4. The average Bonchev–Trinajstić information content (AvgIpc) is 2.20. The molecule has 4 nitrogen and oxygen atoms in total. The van der Waals surface area contributed by atoms with E-state index in [1.54, 1.807) is 6.07 Å². The van der Waals surface area contributed by atoms with Gasteiger partial charge in [0.05, 0.1) is 18.1 Å². The molecule has 0 atom stereocenters. The van der Waals surface area contributed by atoms with Crippen LogP contribution in [0, 0.1) is 11.3 Å². The van der Waals surface area contributed by atoms with Gasteiger partial charge in [-0.1, -0.05) is 0 Å². The van der Waals surface area contributed by atoms with E-state index in [2.05, 4.69) is 4.98 Å². The van der Waals surface area contributed by atoms with Crippen LogP contribution in [-0.2, 0) is 13.0 Å². The quantitative estimate of drug-likeness (QED) is 0.780. The summed E-state index contributed by atoms with van der Waals surface area (Å²) in [4.78, 5) is 14.0. The van der Waals surface area contributed by atoms with Gasteiger partial charge in [-0.15, -0.1) is 0 Å². The van der Waals surface area contributed by atoms with Crippen LogP contribution in [0.1, 0.15) is 23.2 Å². The summed E-state index contributed by atoms with van der Waals surface area (Å²) in [6.45, 7) is 0.00969. The third-order valence-electron chi connectivity index (χ3n) is 2.00. The Morgan fingerprint density at radius 3 is 2.73 bits per heavy atom. The highest BCUT2D eigenvalue weighted by Crippen LogP contribution is 2.15. The third kappa shape index (κ3) is 2.19. The molecule has 0 fully saturated rings. The summed E-state index contributed by atoms with van der Waals surface area (Å²) in [5.41, 5.74) is 4.23. The van der Waals surface area contributed by atoms with Crippen molar-refractivity contribution >= 4 is 0 Å². The number of nitriles is 1. The van der Waals surface area contributed by atoms with Crippen molar-refractivity contribution < 1.29 is 8.78 Å². The predicted molar refractivity (Wildman–Crippen MR) is 49.2 cm³/mol. The van der Waals surface area contributed by atoms with Crippen LogP contribution in [0.3, 0.4) is 0 Å². The average molecular weight is 213 g/mol. The summed E-state index contributed by atoms with van der Waals surface area (Å²) in [6.07, 6.45) is -2.13. The Morgan fingerprint density at radius 2 is 2.27 bits per heavy atom. The fourth-order valence-electron chi connectivity index (χ4n) is 1.24. The second kappa shape index (κ2) is 4.66. The number of halogens is 2. The molecule has 0 amide bonds. The maximum absolute atomic E-state index is 12.3. The molecule has 3 N–H and O–H groups in total. The van der Waals surface area contributed by atoms with Crippen LogP contribution in [0.25, 0.3) is 0 Å². The molecule has 0 unspecified atom stereocenters. The van der Waals surface area contributed by atoms with Crippen LogP contribution in [0.15, 0.2) is 11.0 Å². The summed E-state index contributed by atoms with van der Waals surface area (Å²) < 4.78 is 24.7.